The summed E-state index contributed by atoms with van der Waals surface area (Å²) in [4.78, 5) is 36.4. The van der Waals surface area contributed by atoms with Gasteiger partial charge in [-0.25, -0.2) is 4.79 Å². The molecule has 0 saturated heterocycles. The van der Waals surface area contributed by atoms with Gasteiger partial charge in [0.05, 0.1) is 0 Å². The number of carbonyl (C=O) groups excluding carboxylic acids is 1. The van der Waals surface area contributed by atoms with E-state index in [2.05, 4.69) is 10.3 Å². The van der Waals surface area contributed by atoms with Crippen molar-refractivity contribution in [2.45, 2.75) is 32.9 Å². The Morgan fingerprint density at radius 1 is 1.56 bits per heavy atom. The Bertz CT molecular complexity index is 446. The molecule has 88 valence electrons. The topological polar surface area (TPSA) is 84.0 Å². The van der Waals surface area contributed by atoms with Gasteiger partial charge >= 0.3 is 5.69 Å². The van der Waals surface area contributed by atoms with E-state index >= 15 is 0 Å². The Hall–Kier alpha value is -1.85. The van der Waals surface area contributed by atoms with Gasteiger partial charge in [0.2, 0.25) is 5.91 Å². The second-order valence-electron chi connectivity index (χ2n) is 3.58. The summed E-state index contributed by atoms with van der Waals surface area (Å²) in [6.07, 6.45) is 2.06. The van der Waals surface area contributed by atoms with Crippen molar-refractivity contribution in [2.75, 3.05) is 0 Å². The summed E-state index contributed by atoms with van der Waals surface area (Å²) >= 11 is 0. The minimum absolute atomic E-state index is 0.0333. The molecule has 0 saturated carbocycles. The molecule has 0 aromatic carbocycles. The largest absolute Gasteiger partial charge is 0.352 e. The van der Waals surface area contributed by atoms with Crippen molar-refractivity contribution in [2.24, 2.45) is 0 Å². The molecule has 6 nitrogen and oxygen atoms in total. The fourth-order valence-corrected chi connectivity index (χ4v) is 1.17. The third kappa shape index (κ3) is 3.08. The van der Waals surface area contributed by atoms with Crippen LogP contribution in [0.25, 0.3) is 0 Å². The molecule has 0 aliphatic rings. The summed E-state index contributed by atoms with van der Waals surface area (Å²) in [5, 5.41) is 2.68. The number of hydrogen-bond donors (Lipinski definition) is 2. The van der Waals surface area contributed by atoms with Gasteiger partial charge in [-0.3, -0.25) is 14.2 Å². The predicted molar refractivity (Wildman–Crippen MR) is 59.2 cm³/mol. The standard InChI is InChI=1S/C10H15N3O3/c1-3-7(2)12-8(14)6-13-9(15)4-5-11-10(13)16/h4-5,7H,3,6H2,1-2H3,(H,11,16)(H,12,14). The number of aromatic nitrogens is 2. The molecule has 1 heterocycles. The van der Waals surface area contributed by atoms with Crippen molar-refractivity contribution in [1.29, 1.82) is 0 Å². The van der Waals surface area contributed by atoms with Crippen molar-refractivity contribution >= 4 is 5.91 Å². The van der Waals surface area contributed by atoms with E-state index in [9.17, 15) is 14.4 Å². The van der Waals surface area contributed by atoms with Gasteiger partial charge in [0.25, 0.3) is 5.56 Å². The van der Waals surface area contributed by atoms with Crippen LogP contribution < -0.4 is 16.6 Å². The molecule has 1 aromatic heterocycles. The zero-order chi connectivity index (χ0) is 12.1. The second-order valence-corrected chi connectivity index (χ2v) is 3.58. The van der Waals surface area contributed by atoms with Crippen LogP contribution in [0.5, 0.6) is 0 Å². The molecular formula is C10H15N3O3. The average Bonchev–Trinajstić information content (AvgIpc) is 2.23. The lowest BCUT2D eigenvalue weighted by molar-refractivity contribution is -0.122. The number of hydrogen-bond acceptors (Lipinski definition) is 3. The fraction of sp³-hybridized carbons (Fsp3) is 0.500. The molecule has 16 heavy (non-hydrogen) atoms. The van der Waals surface area contributed by atoms with Crippen LogP contribution in [0.3, 0.4) is 0 Å². The summed E-state index contributed by atoms with van der Waals surface area (Å²) in [5.41, 5.74) is -1.06. The normalized spacial score (nSPS) is 12.1. The van der Waals surface area contributed by atoms with E-state index < -0.39 is 11.2 Å². The summed E-state index contributed by atoms with van der Waals surface area (Å²) in [6.45, 7) is 3.54. The van der Waals surface area contributed by atoms with E-state index in [0.29, 0.717) is 0 Å². The predicted octanol–water partition coefficient (Wildman–Crippen LogP) is -0.549. The molecule has 0 spiro atoms. The number of nitrogens with one attached hydrogen (secondary N) is 2. The van der Waals surface area contributed by atoms with Crippen molar-refractivity contribution < 1.29 is 4.79 Å². The first kappa shape index (κ1) is 12.2. The molecule has 0 aliphatic heterocycles. The highest BCUT2D eigenvalue weighted by Gasteiger charge is 2.08. The molecule has 1 atom stereocenters. The molecule has 0 fully saturated rings. The van der Waals surface area contributed by atoms with Gasteiger partial charge in [0.15, 0.2) is 0 Å². The molecule has 0 radical (unpaired) electrons. The second kappa shape index (κ2) is 5.29. The van der Waals surface area contributed by atoms with E-state index in [1.165, 1.54) is 12.3 Å². The average molecular weight is 225 g/mol. The molecule has 1 aromatic rings. The van der Waals surface area contributed by atoms with Crippen LogP contribution in [0.4, 0.5) is 0 Å². The number of carbonyl (C=O) groups is 1. The van der Waals surface area contributed by atoms with Crippen molar-refractivity contribution in [3.63, 3.8) is 0 Å². The van der Waals surface area contributed by atoms with Gasteiger partial charge in [-0.2, -0.15) is 0 Å². The summed E-state index contributed by atoms with van der Waals surface area (Å²) in [6, 6.07) is 1.24. The van der Waals surface area contributed by atoms with Gasteiger partial charge in [-0.1, -0.05) is 6.92 Å². The number of amides is 1. The van der Waals surface area contributed by atoms with Gasteiger partial charge < -0.3 is 10.3 Å². The first-order valence-corrected chi connectivity index (χ1v) is 5.12. The van der Waals surface area contributed by atoms with E-state index in [4.69, 9.17) is 0 Å². The van der Waals surface area contributed by atoms with Gasteiger partial charge in [0, 0.05) is 18.3 Å². The molecule has 1 amide bonds. The zero-order valence-electron chi connectivity index (χ0n) is 9.32. The van der Waals surface area contributed by atoms with E-state index in [-0.39, 0.29) is 18.5 Å². The lowest BCUT2D eigenvalue weighted by Crippen LogP contribution is -2.42. The maximum atomic E-state index is 11.5. The Kier molecular flexibility index (Phi) is 4.04. The minimum Gasteiger partial charge on any atom is -0.352 e. The third-order valence-electron chi connectivity index (χ3n) is 2.27. The summed E-state index contributed by atoms with van der Waals surface area (Å²) in [7, 11) is 0. The Morgan fingerprint density at radius 3 is 2.81 bits per heavy atom. The zero-order valence-corrected chi connectivity index (χ0v) is 9.32. The number of rotatable bonds is 4. The highest BCUT2D eigenvalue weighted by atomic mass is 16.2. The fourth-order valence-electron chi connectivity index (χ4n) is 1.17. The van der Waals surface area contributed by atoms with Crippen molar-refractivity contribution in [3.8, 4) is 0 Å². The van der Waals surface area contributed by atoms with Crippen molar-refractivity contribution in [3.05, 3.63) is 33.1 Å². The van der Waals surface area contributed by atoms with Crippen LogP contribution in [0.15, 0.2) is 21.9 Å². The summed E-state index contributed by atoms with van der Waals surface area (Å²) < 4.78 is 0.859. The highest BCUT2D eigenvalue weighted by molar-refractivity contribution is 5.75. The molecule has 6 heteroatoms. The van der Waals surface area contributed by atoms with Crippen LogP contribution >= 0.6 is 0 Å². The van der Waals surface area contributed by atoms with E-state index in [1.807, 2.05) is 13.8 Å². The summed E-state index contributed by atoms with van der Waals surface area (Å²) in [5.74, 6) is -0.340. The third-order valence-corrected chi connectivity index (χ3v) is 2.27. The van der Waals surface area contributed by atoms with Crippen LogP contribution in [0.2, 0.25) is 0 Å². The first-order valence-electron chi connectivity index (χ1n) is 5.12. The van der Waals surface area contributed by atoms with Gasteiger partial charge in [-0.05, 0) is 13.3 Å². The first-order chi connectivity index (χ1) is 7.54. The van der Waals surface area contributed by atoms with Gasteiger partial charge in [-0.15, -0.1) is 0 Å². The van der Waals surface area contributed by atoms with Crippen LogP contribution in [-0.2, 0) is 11.3 Å². The lowest BCUT2D eigenvalue weighted by Gasteiger charge is -2.11. The molecule has 0 aliphatic carbocycles. The highest BCUT2D eigenvalue weighted by Crippen LogP contribution is 1.87. The molecule has 0 bridgehead atoms. The molecule has 1 rings (SSSR count). The smallest absolute Gasteiger partial charge is 0.328 e. The SMILES string of the molecule is CCC(C)NC(=O)Cn1c(=O)cc[nH]c1=O. The maximum absolute atomic E-state index is 11.5. The Morgan fingerprint density at radius 2 is 2.25 bits per heavy atom. The monoisotopic (exact) mass is 225 g/mol. The number of nitrogens with zero attached hydrogens (tertiary/aromatic N) is 1. The Labute approximate surface area is 92.3 Å². The number of aromatic amines is 1. The lowest BCUT2D eigenvalue weighted by atomic mass is 10.2. The van der Waals surface area contributed by atoms with Crippen LogP contribution in [0, 0.1) is 0 Å². The molecule has 2 N–H and O–H groups in total. The van der Waals surface area contributed by atoms with Gasteiger partial charge in [0.1, 0.15) is 6.54 Å². The quantitative estimate of drug-likeness (QED) is 0.721. The van der Waals surface area contributed by atoms with Crippen LogP contribution in [-0.4, -0.2) is 21.5 Å². The van der Waals surface area contributed by atoms with E-state index in [0.717, 1.165) is 11.0 Å². The number of H-pyrrole nitrogens is 1. The maximum Gasteiger partial charge on any atom is 0.328 e. The van der Waals surface area contributed by atoms with Crippen molar-refractivity contribution in [1.82, 2.24) is 14.9 Å². The van der Waals surface area contributed by atoms with E-state index in [1.54, 1.807) is 0 Å². The van der Waals surface area contributed by atoms with Crippen LogP contribution in [0.1, 0.15) is 20.3 Å². The molecular weight excluding hydrogens is 210 g/mol. The minimum atomic E-state index is -0.577. The molecule has 1 unspecified atom stereocenters. The Balaban J connectivity index is 2.78.